The third kappa shape index (κ3) is 3.73. The van der Waals surface area contributed by atoms with Crippen LogP contribution in [0.1, 0.15) is 36.0 Å². The molecule has 1 saturated heterocycles. The zero-order chi connectivity index (χ0) is 21.2. The second kappa shape index (κ2) is 8.36. The number of hydrogen-bond donors (Lipinski definition) is 1. The van der Waals surface area contributed by atoms with E-state index in [0.29, 0.717) is 5.11 Å². The van der Waals surface area contributed by atoms with Crippen LogP contribution in [-0.4, -0.2) is 10.1 Å². The predicted octanol–water partition coefficient (Wildman–Crippen LogP) is 6.08. The van der Waals surface area contributed by atoms with Gasteiger partial charge in [0.25, 0.3) is 0 Å². The van der Waals surface area contributed by atoms with Crippen LogP contribution >= 0.6 is 12.2 Å². The van der Waals surface area contributed by atoms with Crippen LogP contribution in [0.25, 0.3) is 11.3 Å². The van der Waals surface area contributed by atoms with Crippen LogP contribution in [-0.2, 0) is 6.42 Å². The van der Waals surface area contributed by atoms with Crippen molar-refractivity contribution in [2.24, 2.45) is 0 Å². The first-order valence-electron chi connectivity index (χ1n) is 10.5. The number of rotatable bonds is 5. The molecule has 0 radical (unpaired) electrons. The number of benzene rings is 2. The minimum Gasteiger partial charge on any atom is -0.459 e. The first-order chi connectivity index (χ1) is 15.2. The van der Waals surface area contributed by atoms with E-state index in [4.69, 9.17) is 16.6 Å². The second-order valence-corrected chi connectivity index (χ2v) is 7.97. The van der Waals surface area contributed by atoms with Gasteiger partial charge in [0.1, 0.15) is 17.6 Å². The van der Waals surface area contributed by atoms with E-state index in [9.17, 15) is 0 Å². The molecular weight excluding hydrogens is 402 g/mol. The van der Waals surface area contributed by atoms with Crippen molar-refractivity contribution in [3.05, 3.63) is 108 Å². The molecule has 2 aromatic carbocycles. The predicted molar refractivity (Wildman–Crippen MR) is 128 cm³/mol. The highest BCUT2D eigenvalue weighted by Gasteiger charge is 2.42. The Hall–Kier alpha value is -3.44. The van der Waals surface area contributed by atoms with Crippen LogP contribution in [0, 0.1) is 0 Å². The van der Waals surface area contributed by atoms with E-state index < -0.39 is 0 Å². The number of nitrogens with zero attached hydrogens (tertiary/aromatic N) is 2. The van der Waals surface area contributed by atoms with Crippen LogP contribution < -0.4 is 10.2 Å². The van der Waals surface area contributed by atoms with Gasteiger partial charge in [-0.1, -0.05) is 55.5 Å². The number of pyridine rings is 1. The van der Waals surface area contributed by atoms with Gasteiger partial charge in [-0.05, 0) is 60.6 Å². The largest absolute Gasteiger partial charge is 0.459 e. The van der Waals surface area contributed by atoms with E-state index in [0.717, 1.165) is 34.9 Å². The summed E-state index contributed by atoms with van der Waals surface area (Å²) in [5.41, 5.74) is 4.32. The molecule has 1 N–H and O–H groups in total. The quantitative estimate of drug-likeness (QED) is 0.392. The highest BCUT2D eigenvalue weighted by Crippen LogP contribution is 2.42. The third-order valence-electron chi connectivity index (χ3n) is 5.70. The molecule has 0 saturated carbocycles. The number of hydrogen-bond acceptors (Lipinski definition) is 3. The van der Waals surface area contributed by atoms with Crippen molar-refractivity contribution in [1.29, 1.82) is 0 Å². The first-order valence-corrected chi connectivity index (χ1v) is 10.9. The number of aromatic nitrogens is 1. The van der Waals surface area contributed by atoms with Gasteiger partial charge in [0.05, 0.1) is 11.7 Å². The number of aryl methyl sites for hydroxylation is 1. The van der Waals surface area contributed by atoms with Gasteiger partial charge < -0.3 is 14.6 Å². The lowest BCUT2D eigenvalue weighted by atomic mass is 10.0. The molecule has 1 aliphatic heterocycles. The fourth-order valence-electron chi connectivity index (χ4n) is 4.08. The maximum Gasteiger partial charge on any atom is 0.174 e. The van der Waals surface area contributed by atoms with Gasteiger partial charge in [-0.2, -0.15) is 0 Å². The summed E-state index contributed by atoms with van der Waals surface area (Å²) in [4.78, 5) is 6.74. The van der Waals surface area contributed by atoms with Crippen molar-refractivity contribution < 1.29 is 4.42 Å². The molecule has 31 heavy (non-hydrogen) atoms. The highest BCUT2D eigenvalue weighted by atomic mass is 32.1. The lowest BCUT2D eigenvalue weighted by Crippen LogP contribution is -2.29. The third-order valence-corrected chi connectivity index (χ3v) is 6.01. The standard InChI is InChI=1S/C26H23N3OS/c1-2-18-11-13-20(14-12-18)29-25(24(28-26(29)31)21-10-6-7-17-27-21)23-16-15-22(30-23)19-8-4-3-5-9-19/h3-17,24-25H,2H2,1H3,(H,28,31). The van der Waals surface area contributed by atoms with Gasteiger partial charge in [-0.3, -0.25) is 4.98 Å². The Labute approximate surface area is 187 Å². The summed E-state index contributed by atoms with van der Waals surface area (Å²) in [6.45, 7) is 2.16. The summed E-state index contributed by atoms with van der Waals surface area (Å²) >= 11 is 5.78. The van der Waals surface area contributed by atoms with E-state index in [1.165, 1.54) is 5.56 Å². The topological polar surface area (TPSA) is 41.3 Å². The smallest absolute Gasteiger partial charge is 0.174 e. The highest BCUT2D eigenvalue weighted by molar-refractivity contribution is 7.80. The average molecular weight is 426 g/mol. The molecule has 0 spiro atoms. The molecule has 1 aliphatic rings. The fourth-order valence-corrected chi connectivity index (χ4v) is 4.43. The monoisotopic (exact) mass is 425 g/mol. The molecule has 1 fully saturated rings. The molecule has 2 atom stereocenters. The number of anilines is 1. The maximum absolute atomic E-state index is 6.38. The lowest BCUT2D eigenvalue weighted by molar-refractivity contribution is 0.439. The van der Waals surface area contributed by atoms with Crippen LogP contribution in [0.15, 0.2) is 95.5 Å². The van der Waals surface area contributed by atoms with E-state index in [2.05, 4.69) is 58.5 Å². The molecule has 0 amide bonds. The van der Waals surface area contributed by atoms with Gasteiger partial charge in [-0.25, -0.2) is 0 Å². The van der Waals surface area contributed by atoms with E-state index >= 15 is 0 Å². The van der Waals surface area contributed by atoms with Crippen molar-refractivity contribution in [2.75, 3.05) is 4.90 Å². The van der Waals surface area contributed by atoms with Gasteiger partial charge >= 0.3 is 0 Å². The molecule has 154 valence electrons. The molecule has 2 unspecified atom stereocenters. The summed E-state index contributed by atoms with van der Waals surface area (Å²) in [5, 5.41) is 4.15. The molecule has 4 aromatic rings. The molecule has 2 aromatic heterocycles. The number of furan rings is 1. The summed E-state index contributed by atoms with van der Waals surface area (Å²) in [6, 6.07) is 28.5. The first kappa shape index (κ1) is 19.5. The van der Waals surface area contributed by atoms with Crippen LogP contribution in [0.3, 0.4) is 0 Å². The SMILES string of the molecule is CCc1ccc(N2C(=S)NC(c3ccccn3)C2c2ccc(-c3ccccc3)o2)cc1. The van der Waals surface area contributed by atoms with E-state index in [1.54, 1.807) is 0 Å². The molecule has 5 heteroatoms. The molecule has 0 aliphatic carbocycles. The minimum atomic E-state index is -0.146. The Bertz CT molecular complexity index is 1170. The van der Waals surface area contributed by atoms with Crippen molar-refractivity contribution in [3.63, 3.8) is 0 Å². The zero-order valence-electron chi connectivity index (χ0n) is 17.2. The number of nitrogens with one attached hydrogen (secondary N) is 1. The van der Waals surface area contributed by atoms with Crippen LogP contribution in [0.5, 0.6) is 0 Å². The second-order valence-electron chi connectivity index (χ2n) is 7.58. The molecular formula is C26H23N3OS. The fraction of sp³-hybridized carbons (Fsp3) is 0.154. The Balaban J connectivity index is 1.58. The van der Waals surface area contributed by atoms with Gasteiger partial charge in [0, 0.05) is 17.4 Å². The average Bonchev–Trinajstić information content (AvgIpc) is 3.45. The Kier molecular flexibility index (Phi) is 5.26. The lowest BCUT2D eigenvalue weighted by Gasteiger charge is -2.26. The summed E-state index contributed by atoms with van der Waals surface area (Å²) in [6.07, 6.45) is 2.81. The van der Waals surface area contributed by atoms with Crippen molar-refractivity contribution in [3.8, 4) is 11.3 Å². The van der Waals surface area contributed by atoms with Gasteiger partial charge in [-0.15, -0.1) is 0 Å². The molecule has 5 rings (SSSR count). The Morgan fingerprint density at radius 2 is 1.71 bits per heavy atom. The maximum atomic E-state index is 6.38. The molecule has 4 nitrogen and oxygen atoms in total. The molecule has 0 bridgehead atoms. The molecule has 3 heterocycles. The summed E-state index contributed by atoms with van der Waals surface area (Å²) < 4.78 is 6.38. The summed E-state index contributed by atoms with van der Waals surface area (Å²) in [7, 11) is 0. The van der Waals surface area contributed by atoms with Crippen LogP contribution in [0.4, 0.5) is 5.69 Å². The number of thiocarbonyl (C=S) groups is 1. The minimum absolute atomic E-state index is 0.116. The van der Waals surface area contributed by atoms with Crippen molar-refractivity contribution in [2.45, 2.75) is 25.4 Å². The van der Waals surface area contributed by atoms with Crippen molar-refractivity contribution >= 4 is 23.0 Å². The summed E-state index contributed by atoms with van der Waals surface area (Å²) in [5.74, 6) is 1.69. The van der Waals surface area contributed by atoms with Gasteiger partial charge in [0.15, 0.2) is 5.11 Å². The Morgan fingerprint density at radius 1 is 0.935 bits per heavy atom. The Morgan fingerprint density at radius 3 is 2.42 bits per heavy atom. The normalized spacial score (nSPS) is 18.2. The van der Waals surface area contributed by atoms with E-state index in [-0.39, 0.29) is 12.1 Å². The van der Waals surface area contributed by atoms with Crippen molar-refractivity contribution in [1.82, 2.24) is 10.3 Å². The van der Waals surface area contributed by atoms with Gasteiger partial charge in [0.2, 0.25) is 0 Å². The van der Waals surface area contributed by atoms with Crippen LogP contribution in [0.2, 0.25) is 0 Å². The zero-order valence-corrected chi connectivity index (χ0v) is 18.0. The van der Waals surface area contributed by atoms with E-state index in [1.807, 2.05) is 54.7 Å².